The Kier molecular flexibility index (Phi) is 3.05. The number of benzene rings is 1. The monoisotopic (exact) mass is 280 g/mol. The second-order valence-corrected chi connectivity index (χ2v) is 3.91. The molecule has 0 aliphatic carbocycles. The Bertz CT molecular complexity index is 511. The molecule has 2 rings (SSSR count). The van der Waals surface area contributed by atoms with E-state index in [0.717, 1.165) is 0 Å². The van der Waals surface area contributed by atoms with Crippen molar-refractivity contribution in [1.82, 2.24) is 9.97 Å². The van der Waals surface area contributed by atoms with Crippen LogP contribution in [0.5, 0.6) is 0 Å². The number of rotatable bonds is 2. The topological polar surface area (TPSA) is 42.9 Å². The summed E-state index contributed by atoms with van der Waals surface area (Å²) < 4.78 is 13.9. The number of halogens is 2. The number of carbonyl (C=O) groups is 1. The van der Waals surface area contributed by atoms with Crippen LogP contribution in [0.1, 0.15) is 15.9 Å². The molecule has 0 fully saturated rings. The Labute approximate surface area is 99.5 Å². The summed E-state index contributed by atoms with van der Waals surface area (Å²) in [5, 5.41) is 0. The molecule has 1 aromatic carbocycles. The Morgan fingerprint density at radius 1 is 1.25 bits per heavy atom. The molecule has 0 aliphatic rings. The van der Waals surface area contributed by atoms with E-state index in [0.29, 0.717) is 4.47 Å². The third kappa shape index (κ3) is 1.99. The van der Waals surface area contributed by atoms with Crippen LogP contribution < -0.4 is 0 Å². The minimum atomic E-state index is -0.566. The van der Waals surface area contributed by atoms with Crippen molar-refractivity contribution in [1.29, 1.82) is 0 Å². The fourth-order valence-electron chi connectivity index (χ4n) is 1.28. The van der Waals surface area contributed by atoms with Crippen molar-refractivity contribution in [3.63, 3.8) is 0 Å². The number of hydrogen-bond donors (Lipinski definition) is 0. The van der Waals surface area contributed by atoms with Crippen LogP contribution in [0.15, 0.2) is 41.4 Å². The highest BCUT2D eigenvalue weighted by Crippen LogP contribution is 2.22. The second kappa shape index (κ2) is 4.49. The van der Waals surface area contributed by atoms with Crippen LogP contribution in [-0.4, -0.2) is 15.8 Å². The molecule has 2 aromatic rings. The zero-order valence-electron chi connectivity index (χ0n) is 8.02. The van der Waals surface area contributed by atoms with Crippen LogP contribution in [0.3, 0.4) is 0 Å². The van der Waals surface area contributed by atoms with E-state index in [9.17, 15) is 9.18 Å². The summed E-state index contributed by atoms with van der Waals surface area (Å²) in [6, 6.07) is 4.37. The lowest BCUT2D eigenvalue weighted by Gasteiger charge is -2.04. The highest BCUT2D eigenvalue weighted by atomic mass is 79.9. The Morgan fingerprint density at radius 3 is 2.56 bits per heavy atom. The number of aromatic nitrogens is 2. The third-order valence-electron chi connectivity index (χ3n) is 2.01. The summed E-state index contributed by atoms with van der Waals surface area (Å²) in [6.45, 7) is 0. The molecule has 0 unspecified atom stereocenters. The van der Waals surface area contributed by atoms with E-state index in [1.54, 1.807) is 6.07 Å². The Balaban J connectivity index is 2.50. The maximum Gasteiger partial charge on any atom is 0.200 e. The predicted molar refractivity (Wildman–Crippen MR) is 59.6 cm³/mol. The third-order valence-corrected chi connectivity index (χ3v) is 2.67. The molecule has 5 heteroatoms. The molecule has 0 amide bonds. The van der Waals surface area contributed by atoms with Crippen molar-refractivity contribution in [2.45, 2.75) is 0 Å². The highest BCUT2D eigenvalue weighted by Gasteiger charge is 2.17. The molecule has 0 aliphatic heterocycles. The van der Waals surface area contributed by atoms with Gasteiger partial charge in [0.15, 0.2) is 5.78 Å². The molecule has 80 valence electrons. The zero-order valence-corrected chi connectivity index (χ0v) is 9.61. The summed E-state index contributed by atoms with van der Waals surface area (Å²) in [5.74, 6) is -1.01. The largest absolute Gasteiger partial charge is 0.288 e. The lowest BCUT2D eigenvalue weighted by Crippen LogP contribution is -2.06. The van der Waals surface area contributed by atoms with Crippen LogP contribution in [0.25, 0.3) is 0 Å². The van der Waals surface area contributed by atoms with Gasteiger partial charge in [0, 0.05) is 16.9 Å². The standard InChI is InChI=1S/C11H6BrFN2O/c12-8-2-1-3-9(13)10(8)11(16)7-4-14-6-15-5-7/h1-6H. The molecule has 1 aromatic heterocycles. The van der Waals surface area contributed by atoms with E-state index in [4.69, 9.17) is 0 Å². The molecule has 16 heavy (non-hydrogen) atoms. The van der Waals surface area contributed by atoms with Gasteiger partial charge in [0.25, 0.3) is 0 Å². The van der Waals surface area contributed by atoms with E-state index >= 15 is 0 Å². The van der Waals surface area contributed by atoms with Crippen molar-refractivity contribution in [3.05, 3.63) is 58.3 Å². The van der Waals surface area contributed by atoms with Crippen molar-refractivity contribution >= 4 is 21.7 Å². The number of nitrogens with zero attached hydrogens (tertiary/aromatic N) is 2. The lowest BCUT2D eigenvalue weighted by molar-refractivity contribution is 0.103. The van der Waals surface area contributed by atoms with Gasteiger partial charge < -0.3 is 0 Å². The summed E-state index contributed by atoms with van der Waals surface area (Å²) in [6.07, 6.45) is 4.02. The van der Waals surface area contributed by atoms with Gasteiger partial charge in [-0.15, -0.1) is 0 Å². The summed E-state index contributed by atoms with van der Waals surface area (Å²) >= 11 is 3.14. The van der Waals surface area contributed by atoms with E-state index < -0.39 is 11.6 Å². The first-order valence-electron chi connectivity index (χ1n) is 4.44. The maximum atomic E-state index is 13.5. The number of ketones is 1. The van der Waals surface area contributed by atoms with Gasteiger partial charge in [0.05, 0.1) is 11.1 Å². The van der Waals surface area contributed by atoms with Crippen LogP contribution in [0, 0.1) is 5.82 Å². The van der Waals surface area contributed by atoms with Crippen LogP contribution in [-0.2, 0) is 0 Å². The molecule has 3 nitrogen and oxygen atoms in total. The molecule has 0 saturated carbocycles. The number of hydrogen-bond acceptors (Lipinski definition) is 3. The quantitative estimate of drug-likeness (QED) is 0.795. The van der Waals surface area contributed by atoms with Crippen molar-refractivity contribution in [2.75, 3.05) is 0 Å². The zero-order chi connectivity index (χ0) is 11.5. The van der Waals surface area contributed by atoms with Crippen molar-refractivity contribution in [3.8, 4) is 0 Å². The van der Waals surface area contributed by atoms with Gasteiger partial charge >= 0.3 is 0 Å². The molecule has 0 saturated heterocycles. The first-order chi connectivity index (χ1) is 7.70. The van der Waals surface area contributed by atoms with Gasteiger partial charge in [-0.1, -0.05) is 6.07 Å². The molecular weight excluding hydrogens is 275 g/mol. The van der Waals surface area contributed by atoms with Crippen molar-refractivity contribution in [2.24, 2.45) is 0 Å². The highest BCUT2D eigenvalue weighted by molar-refractivity contribution is 9.10. The first kappa shape index (κ1) is 10.9. The smallest absolute Gasteiger partial charge is 0.200 e. The first-order valence-corrected chi connectivity index (χ1v) is 5.23. The van der Waals surface area contributed by atoms with Gasteiger partial charge in [0.2, 0.25) is 0 Å². The fourth-order valence-corrected chi connectivity index (χ4v) is 1.80. The van der Waals surface area contributed by atoms with Gasteiger partial charge in [-0.2, -0.15) is 0 Å². The molecule has 0 atom stereocenters. The summed E-state index contributed by atoms with van der Waals surface area (Å²) in [7, 11) is 0. The predicted octanol–water partition coefficient (Wildman–Crippen LogP) is 2.61. The molecule has 1 heterocycles. The average molecular weight is 281 g/mol. The summed E-state index contributed by atoms with van der Waals surface area (Å²) in [4.78, 5) is 19.4. The normalized spacial score (nSPS) is 10.1. The maximum absolute atomic E-state index is 13.5. The fraction of sp³-hybridized carbons (Fsp3) is 0. The Hall–Kier alpha value is -1.62. The van der Waals surface area contributed by atoms with Gasteiger partial charge in [0.1, 0.15) is 12.1 Å². The van der Waals surface area contributed by atoms with Crippen LogP contribution in [0.2, 0.25) is 0 Å². The SMILES string of the molecule is O=C(c1cncnc1)c1c(F)cccc1Br. The number of carbonyl (C=O) groups excluding carboxylic acids is 1. The van der Waals surface area contributed by atoms with Gasteiger partial charge in [-0.05, 0) is 28.1 Å². The second-order valence-electron chi connectivity index (χ2n) is 3.05. The minimum absolute atomic E-state index is 0.00250. The minimum Gasteiger partial charge on any atom is -0.288 e. The van der Waals surface area contributed by atoms with E-state index in [-0.39, 0.29) is 11.1 Å². The van der Waals surface area contributed by atoms with Gasteiger partial charge in [-0.3, -0.25) is 4.79 Å². The van der Waals surface area contributed by atoms with Crippen LogP contribution >= 0.6 is 15.9 Å². The molecule has 0 bridgehead atoms. The summed E-state index contributed by atoms with van der Waals surface area (Å²) in [5.41, 5.74) is 0.255. The molecule has 0 spiro atoms. The Morgan fingerprint density at radius 2 is 1.94 bits per heavy atom. The molecule has 0 N–H and O–H groups in total. The van der Waals surface area contributed by atoms with Crippen molar-refractivity contribution < 1.29 is 9.18 Å². The average Bonchev–Trinajstić information content (AvgIpc) is 2.30. The lowest BCUT2D eigenvalue weighted by atomic mass is 10.1. The van der Waals surface area contributed by atoms with E-state index in [2.05, 4.69) is 25.9 Å². The van der Waals surface area contributed by atoms with E-state index in [1.807, 2.05) is 0 Å². The molecule has 0 radical (unpaired) electrons. The van der Waals surface area contributed by atoms with Crippen LogP contribution in [0.4, 0.5) is 4.39 Å². The van der Waals surface area contributed by atoms with E-state index in [1.165, 1.54) is 30.9 Å². The van der Waals surface area contributed by atoms with Gasteiger partial charge in [-0.25, -0.2) is 14.4 Å². The molecular formula is C11H6BrFN2O.